The molecular formula is C2AlF3O2+2. The monoisotopic (exact) mass is 140 g/mol. The zero-order valence-corrected chi connectivity index (χ0v) is 4.68. The van der Waals surface area contributed by atoms with E-state index >= 15 is 0 Å². The molecule has 0 spiro atoms. The van der Waals surface area contributed by atoms with Crippen LogP contribution in [0.15, 0.2) is 0 Å². The fraction of sp³-hybridized carbons (Fsp3) is 0.500. The molecule has 0 fully saturated rings. The van der Waals surface area contributed by atoms with Crippen LogP contribution in [-0.4, -0.2) is 28.8 Å². The summed E-state index contributed by atoms with van der Waals surface area (Å²) >= 11 is 1.21. The number of halogens is 3. The van der Waals surface area contributed by atoms with Crippen molar-refractivity contribution < 1.29 is 21.8 Å². The molecule has 2 nitrogen and oxygen atoms in total. The minimum absolute atomic E-state index is 1.21. The molecule has 0 saturated heterocycles. The van der Waals surface area contributed by atoms with Gasteiger partial charge in [-0.05, 0) is 0 Å². The first-order valence-electron chi connectivity index (χ1n) is 1.46. The van der Waals surface area contributed by atoms with Gasteiger partial charge < -0.3 is 0 Å². The summed E-state index contributed by atoms with van der Waals surface area (Å²) in [5, 5.41) is 0. The molecule has 0 amide bonds. The van der Waals surface area contributed by atoms with Gasteiger partial charge in [0.15, 0.2) is 0 Å². The van der Waals surface area contributed by atoms with Crippen LogP contribution in [0, 0.1) is 0 Å². The average Bonchev–Trinajstić information content (AvgIpc) is 1.62. The molecule has 0 heterocycles. The molecule has 6 heteroatoms. The Bertz CT molecular complexity index is 97.9. The first-order valence-corrected chi connectivity index (χ1v) is 1.93. The third-order valence-electron chi connectivity index (χ3n) is 0.338. The number of rotatable bonds is 0. The summed E-state index contributed by atoms with van der Waals surface area (Å²) in [5.41, 5.74) is 0. The van der Waals surface area contributed by atoms with Gasteiger partial charge in [0.2, 0.25) is 0 Å². The third-order valence-corrected chi connectivity index (χ3v) is 0.553. The van der Waals surface area contributed by atoms with Gasteiger partial charge in [-0.2, -0.15) is 0 Å². The normalized spacial score (nSPS) is 11.1. The van der Waals surface area contributed by atoms with Crippen LogP contribution in [-0.2, 0) is 8.58 Å². The van der Waals surface area contributed by atoms with Crippen LogP contribution in [0.25, 0.3) is 0 Å². The molecule has 0 aromatic rings. The van der Waals surface area contributed by atoms with E-state index in [0.717, 1.165) is 0 Å². The van der Waals surface area contributed by atoms with Crippen LogP contribution in [0.2, 0.25) is 0 Å². The van der Waals surface area contributed by atoms with Crippen LogP contribution in [0.4, 0.5) is 13.2 Å². The number of carbonyl (C=O) groups is 1. The minimum atomic E-state index is -4.87. The second-order valence-electron chi connectivity index (χ2n) is 0.903. The van der Waals surface area contributed by atoms with Crippen LogP contribution in [0.1, 0.15) is 0 Å². The summed E-state index contributed by atoms with van der Waals surface area (Å²) < 4.78 is 36.2. The predicted octanol–water partition coefficient (Wildman–Crippen LogP) is 0.175. The summed E-state index contributed by atoms with van der Waals surface area (Å²) in [5.74, 6) is -2.21. The quantitative estimate of drug-likeness (QED) is 0.448. The van der Waals surface area contributed by atoms with Crippen LogP contribution in [0.3, 0.4) is 0 Å². The molecule has 0 unspecified atom stereocenters. The molecule has 0 radical (unpaired) electrons. The van der Waals surface area contributed by atoms with E-state index in [1.165, 1.54) is 16.6 Å². The molecule has 0 bridgehead atoms. The van der Waals surface area contributed by atoms with Gasteiger partial charge in [-0.1, -0.05) is 0 Å². The van der Waals surface area contributed by atoms with Crippen molar-refractivity contribution in [2.24, 2.45) is 0 Å². The second kappa shape index (κ2) is 2.38. The molecular weight excluding hydrogens is 140 g/mol. The molecule has 0 aromatic carbocycles. The van der Waals surface area contributed by atoms with Crippen molar-refractivity contribution in [1.82, 2.24) is 0 Å². The summed E-state index contributed by atoms with van der Waals surface area (Å²) in [6, 6.07) is 0. The summed E-state index contributed by atoms with van der Waals surface area (Å²) in [6.07, 6.45) is -4.87. The maximum absolute atomic E-state index is 11.0. The Hall–Kier alpha value is -0.208. The first-order chi connectivity index (χ1) is 3.48. The molecule has 0 aliphatic carbocycles. The Kier molecular flexibility index (Phi) is 2.32. The van der Waals surface area contributed by atoms with Crippen LogP contribution in [0.5, 0.6) is 0 Å². The van der Waals surface area contributed by atoms with E-state index in [0.29, 0.717) is 0 Å². The molecule has 42 valence electrons. The van der Waals surface area contributed by atoms with Crippen molar-refractivity contribution >= 4 is 22.6 Å². The molecule has 0 aliphatic heterocycles. The zero-order valence-electron chi connectivity index (χ0n) is 3.53. The number of hydrogen-bond acceptors (Lipinski definition) is 2. The topological polar surface area (TPSA) is 26.3 Å². The molecule has 0 rings (SSSR count). The van der Waals surface area contributed by atoms with Gasteiger partial charge >= 0.3 is 50.5 Å². The Morgan fingerprint density at radius 1 is 1.50 bits per heavy atom. The van der Waals surface area contributed by atoms with Crippen molar-refractivity contribution in [3.05, 3.63) is 0 Å². The number of carbonyl (C=O) groups excluding carboxylic acids is 1. The standard InChI is InChI=1S/C2HF3O2.Al/c3-2(4,5)1(6)7;/h(H,6,7);/q;+3/p-1. The summed E-state index contributed by atoms with van der Waals surface area (Å²) in [7, 11) is 0. The average molecular weight is 140 g/mol. The fourth-order valence-corrected chi connectivity index (χ4v) is 0.200. The van der Waals surface area contributed by atoms with Gasteiger partial charge in [0, 0.05) is 0 Å². The Balaban J connectivity index is 3.82. The zero-order chi connectivity index (χ0) is 6.78. The van der Waals surface area contributed by atoms with Gasteiger partial charge in [0.1, 0.15) is 0 Å². The van der Waals surface area contributed by atoms with Crippen molar-refractivity contribution in [2.45, 2.75) is 6.18 Å². The van der Waals surface area contributed by atoms with Gasteiger partial charge in [0.25, 0.3) is 0 Å². The van der Waals surface area contributed by atoms with E-state index in [1.807, 2.05) is 0 Å². The van der Waals surface area contributed by atoms with E-state index in [-0.39, 0.29) is 0 Å². The van der Waals surface area contributed by atoms with Crippen LogP contribution >= 0.6 is 0 Å². The van der Waals surface area contributed by atoms with E-state index in [2.05, 4.69) is 3.79 Å². The third kappa shape index (κ3) is 2.19. The van der Waals surface area contributed by atoms with Crippen molar-refractivity contribution in [2.75, 3.05) is 0 Å². The number of hydrogen-bond donors (Lipinski definition) is 0. The summed E-state index contributed by atoms with van der Waals surface area (Å²) in [4.78, 5) is 9.47. The van der Waals surface area contributed by atoms with Gasteiger partial charge in [0.05, 0.1) is 0 Å². The second-order valence-corrected chi connectivity index (χ2v) is 1.14. The molecule has 0 aromatic heterocycles. The maximum atomic E-state index is 11.0. The molecule has 0 N–H and O–H groups in total. The van der Waals surface area contributed by atoms with Gasteiger partial charge in [-0.25, -0.2) is 0 Å². The molecule has 0 aliphatic rings. The van der Waals surface area contributed by atoms with Crippen LogP contribution < -0.4 is 0 Å². The Labute approximate surface area is 51.4 Å². The van der Waals surface area contributed by atoms with Gasteiger partial charge in [-0.3, -0.25) is 0 Å². The molecule has 0 atom stereocenters. The molecule has 8 heavy (non-hydrogen) atoms. The van der Waals surface area contributed by atoms with E-state index in [9.17, 15) is 18.0 Å². The van der Waals surface area contributed by atoms with E-state index in [4.69, 9.17) is 0 Å². The predicted molar refractivity (Wildman–Crippen MR) is 17.9 cm³/mol. The number of alkyl halides is 3. The summed E-state index contributed by atoms with van der Waals surface area (Å²) in [6.45, 7) is 0. The van der Waals surface area contributed by atoms with Crippen molar-refractivity contribution in [1.29, 1.82) is 0 Å². The first kappa shape index (κ1) is 7.79. The Morgan fingerprint density at radius 3 is 1.88 bits per heavy atom. The SMILES string of the molecule is O=C([O][Al+2])C(F)(F)F. The van der Waals surface area contributed by atoms with E-state index < -0.39 is 12.1 Å². The fourth-order valence-electron chi connectivity index (χ4n) is 0.0668. The Morgan fingerprint density at radius 2 is 1.88 bits per heavy atom. The van der Waals surface area contributed by atoms with E-state index in [1.54, 1.807) is 0 Å². The molecule has 0 saturated carbocycles. The van der Waals surface area contributed by atoms with Gasteiger partial charge in [-0.15, -0.1) is 0 Å². The van der Waals surface area contributed by atoms with Crippen molar-refractivity contribution in [3.63, 3.8) is 0 Å². The van der Waals surface area contributed by atoms with Crippen molar-refractivity contribution in [3.8, 4) is 0 Å².